The lowest BCUT2D eigenvalue weighted by Gasteiger charge is -2.27. The minimum atomic E-state index is -4.40. The van der Waals surface area contributed by atoms with Crippen LogP contribution in [0.5, 0.6) is 0 Å². The molecule has 0 aliphatic heterocycles. The van der Waals surface area contributed by atoms with Gasteiger partial charge >= 0.3 is 6.18 Å². The summed E-state index contributed by atoms with van der Waals surface area (Å²) in [6, 6.07) is 5.63. The van der Waals surface area contributed by atoms with Gasteiger partial charge in [-0.05, 0) is 43.7 Å². The molecule has 134 valence electrons. The van der Waals surface area contributed by atoms with Gasteiger partial charge in [-0.2, -0.15) is 13.2 Å². The van der Waals surface area contributed by atoms with Gasteiger partial charge in [0.2, 0.25) is 5.91 Å². The standard InChI is InChI=1S/C17H21F3N2O.ClH/c18-17(19,20)15-4-2-1-3-12(15)10-22(14-7-8-14)16(23)11-5-6-13(21)9-11;/h1-4,11,13-14H,5-10,21H2;1H. The summed E-state index contributed by atoms with van der Waals surface area (Å²) in [5, 5.41) is 0. The van der Waals surface area contributed by atoms with Crippen molar-refractivity contribution in [3.63, 3.8) is 0 Å². The van der Waals surface area contributed by atoms with Crippen molar-refractivity contribution in [1.29, 1.82) is 0 Å². The quantitative estimate of drug-likeness (QED) is 0.886. The Hall–Kier alpha value is -1.27. The predicted octanol–water partition coefficient (Wildman–Crippen LogP) is 3.75. The normalized spacial score (nSPS) is 23.7. The molecule has 2 fully saturated rings. The molecule has 2 aliphatic carbocycles. The van der Waals surface area contributed by atoms with E-state index in [9.17, 15) is 18.0 Å². The zero-order valence-corrected chi connectivity index (χ0v) is 14.1. The molecule has 0 spiro atoms. The highest BCUT2D eigenvalue weighted by Gasteiger charge is 2.40. The van der Waals surface area contributed by atoms with Gasteiger partial charge in [0.15, 0.2) is 0 Å². The first kappa shape index (κ1) is 19.1. The topological polar surface area (TPSA) is 46.3 Å². The summed E-state index contributed by atoms with van der Waals surface area (Å²) in [5.74, 6) is -0.166. The van der Waals surface area contributed by atoms with Crippen LogP contribution >= 0.6 is 12.4 Å². The molecule has 7 heteroatoms. The number of halogens is 4. The van der Waals surface area contributed by atoms with Gasteiger partial charge in [-0.3, -0.25) is 4.79 Å². The van der Waals surface area contributed by atoms with E-state index in [4.69, 9.17) is 5.73 Å². The summed E-state index contributed by atoms with van der Waals surface area (Å²) in [6.07, 6.45) is -0.455. The molecular formula is C17H22ClF3N2O. The highest BCUT2D eigenvalue weighted by molar-refractivity contribution is 5.85. The van der Waals surface area contributed by atoms with Gasteiger partial charge in [-0.1, -0.05) is 18.2 Å². The van der Waals surface area contributed by atoms with Crippen molar-refractivity contribution in [2.75, 3.05) is 0 Å². The number of benzene rings is 1. The zero-order valence-electron chi connectivity index (χ0n) is 13.3. The molecule has 2 unspecified atom stereocenters. The van der Waals surface area contributed by atoms with Crippen LogP contribution in [0, 0.1) is 5.92 Å². The van der Waals surface area contributed by atoms with E-state index >= 15 is 0 Å². The van der Waals surface area contributed by atoms with Gasteiger partial charge in [0, 0.05) is 24.5 Å². The Balaban J connectivity index is 0.00000208. The fourth-order valence-electron chi connectivity index (χ4n) is 3.37. The van der Waals surface area contributed by atoms with E-state index in [0.29, 0.717) is 6.42 Å². The molecule has 1 aromatic rings. The van der Waals surface area contributed by atoms with Crippen LogP contribution in [0.2, 0.25) is 0 Å². The Labute approximate surface area is 145 Å². The Kier molecular flexibility index (Phi) is 5.81. The molecule has 2 atom stereocenters. The highest BCUT2D eigenvalue weighted by Crippen LogP contribution is 2.37. The number of hydrogen-bond acceptors (Lipinski definition) is 2. The van der Waals surface area contributed by atoms with E-state index in [1.165, 1.54) is 12.1 Å². The average Bonchev–Trinajstić information content (AvgIpc) is 3.24. The molecule has 1 amide bonds. The molecule has 2 N–H and O–H groups in total. The second kappa shape index (κ2) is 7.31. The van der Waals surface area contributed by atoms with Gasteiger partial charge < -0.3 is 10.6 Å². The van der Waals surface area contributed by atoms with Gasteiger partial charge in [-0.25, -0.2) is 0 Å². The lowest BCUT2D eigenvalue weighted by molar-refractivity contribution is -0.141. The molecule has 3 nitrogen and oxygen atoms in total. The second-order valence-electron chi connectivity index (χ2n) is 6.62. The van der Waals surface area contributed by atoms with Crippen molar-refractivity contribution in [3.8, 4) is 0 Å². The number of amides is 1. The summed E-state index contributed by atoms with van der Waals surface area (Å²) in [4.78, 5) is 14.4. The SMILES string of the molecule is Cl.NC1CCC(C(=O)N(Cc2ccccc2C(F)(F)F)C2CC2)C1. The van der Waals surface area contributed by atoms with E-state index in [0.717, 1.165) is 31.7 Å². The molecule has 1 aromatic carbocycles. The molecule has 0 saturated heterocycles. The molecule has 0 aromatic heterocycles. The maximum Gasteiger partial charge on any atom is 0.416 e. The first-order valence-corrected chi connectivity index (χ1v) is 8.07. The highest BCUT2D eigenvalue weighted by atomic mass is 35.5. The van der Waals surface area contributed by atoms with E-state index in [1.54, 1.807) is 11.0 Å². The number of nitrogens with two attached hydrogens (primary N) is 1. The van der Waals surface area contributed by atoms with Crippen LogP contribution in [0.25, 0.3) is 0 Å². The smallest absolute Gasteiger partial charge is 0.335 e. The summed E-state index contributed by atoms with van der Waals surface area (Å²) >= 11 is 0. The van der Waals surface area contributed by atoms with Crippen LogP contribution < -0.4 is 5.73 Å². The Morgan fingerprint density at radius 1 is 1.17 bits per heavy atom. The van der Waals surface area contributed by atoms with Gasteiger partial charge in [-0.15, -0.1) is 12.4 Å². The predicted molar refractivity (Wildman–Crippen MR) is 87.6 cm³/mol. The fourth-order valence-corrected chi connectivity index (χ4v) is 3.37. The van der Waals surface area contributed by atoms with Crippen LogP contribution in [0.15, 0.2) is 24.3 Å². The number of rotatable bonds is 4. The van der Waals surface area contributed by atoms with Crippen LogP contribution in [-0.4, -0.2) is 22.9 Å². The third-order valence-corrected chi connectivity index (χ3v) is 4.76. The first-order chi connectivity index (χ1) is 10.9. The van der Waals surface area contributed by atoms with E-state index in [2.05, 4.69) is 0 Å². The number of hydrogen-bond donors (Lipinski definition) is 1. The van der Waals surface area contributed by atoms with Crippen LogP contribution in [0.1, 0.15) is 43.2 Å². The summed E-state index contributed by atoms with van der Waals surface area (Å²) in [6.45, 7) is 0.0327. The van der Waals surface area contributed by atoms with Crippen LogP contribution in [-0.2, 0) is 17.5 Å². The Bertz CT molecular complexity index is 589. The van der Waals surface area contributed by atoms with Crippen LogP contribution in [0.4, 0.5) is 13.2 Å². The number of alkyl halides is 3. The van der Waals surface area contributed by atoms with Crippen molar-refractivity contribution in [1.82, 2.24) is 4.90 Å². The van der Waals surface area contributed by atoms with E-state index in [1.807, 2.05) is 0 Å². The molecule has 0 bridgehead atoms. The molecular weight excluding hydrogens is 341 g/mol. The number of carbonyl (C=O) groups is 1. The lowest BCUT2D eigenvalue weighted by Crippen LogP contribution is -2.37. The lowest BCUT2D eigenvalue weighted by atomic mass is 10.0. The monoisotopic (exact) mass is 362 g/mol. The molecule has 2 saturated carbocycles. The van der Waals surface area contributed by atoms with Gasteiger partial charge in [0.1, 0.15) is 0 Å². The third kappa shape index (κ3) is 4.22. The van der Waals surface area contributed by atoms with Crippen molar-refractivity contribution in [2.24, 2.45) is 11.7 Å². The summed E-state index contributed by atoms with van der Waals surface area (Å²) < 4.78 is 39.4. The average molecular weight is 363 g/mol. The minimum Gasteiger partial charge on any atom is -0.335 e. The maximum atomic E-state index is 13.1. The van der Waals surface area contributed by atoms with Crippen molar-refractivity contribution < 1.29 is 18.0 Å². The Morgan fingerprint density at radius 3 is 2.38 bits per heavy atom. The van der Waals surface area contributed by atoms with E-state index < -0.39 is 11.7 Å². The fraction of sp³-hybridized carbons (Fsp3) is 0.588. The third-order valence-electron chi connectivity index (χ3n) is 4.76. The van der Waals surface area contributed by atoms with Crippen molar-refractivity contribution >= 4 is 18.3 Å². The van der Waals surface area contributed by atoms with Crippen molar-refractivity contribution in [3.05, 3.63) is 35.4 Å². The van der Waals surface area contributed by atoms with Gasteiger partial charge in [0.25, 0.3) is 0 Å². The van der Waals surface area contributed by atoms with E-state index in [-0.39, 0.29) is 48.4 Å². The minimum absolute atomic E-state index is 0. The number of nitrogens with zero attached hydrogens (tertiary/aromatic N) is 1. The van der Waals surface area contributed by atoms with Gasteiger partial charge in [0.05, 0.1) is 5.56 Å². The number of carbonyl (C=O) groups excluding carboxylic acids is 1. The summed E-state index contributed by atoms with van der Waals surface area (Å²) in [7, 11) is 0. The first-order valence-electron chi connectivity index (χ1n) is 8.07. The molecule has 0 radical (unpaired) electrons. The molecule has 3 rings (SSSR count). The van der Waals surface area contributed by atoms with Crippen LogP contribution in [0.3, 0.4) is 0 Å². The Morgan fingerprint density at radius 2 is 1.83 bits per heavy atom. The largest absolute Gasteiger partial charge is 0.416 e. The summed E-state index contributed by atoms with van der Waals surface area (Å²) in [5.41, 5.74) is 5.39. The second-order valence-corrected chi connectivity index (χ2v) is 6.62. The molecule has 0 heterocycles. The maximum absolute atomic E-state index is 13.1. The zero-order chi connectivity index (χ0) is 16.6. The molecule has 24 heavy (non-hydrogen) atoms. The molecule has 2 aliphatic rings. The van der Waals surface area contributed by atoms with Crippen molar-refractivity contribution in [2.45, 2.75) is 56.9 Å².